The highest BCUT2D eigenvalue weighted by Crippen LogP contribution is 2.39. The Labute approximate surface area is 135 Å². The lowest BCUT2D eigenvalue weighted by molar-refractivity contribution is 0.0946. The second-order valence-corrected chi connectivity index (χ2v) is 4.97. The molecular formula is C16H21N3O4. The summed E-state index contributed by atoms with van der Waals surface area (Å²) in [5.74, 6) is 0.949. The first-order valence-electron chi connectivity index (χ1n) is 7.08. The third-order valence-electron chi connectivity index (χ3n) is 3.54. The van der Waals surface area contributed by atoms with Crippen molar-refractivity contribution in [2.24, 2.45) is 7.05 Å². The fourth-order valence-electron chi connectivity index (χ4n) is 2.27. The summed E-state index contributed by atoms with van der Waals surface area (Å²) < 4.78 is 17.6. The molecule has 0 atom stereocenters. The van der Waals surface area contributed by atoms with Crippen LogP contribution in [-0.2, 0) is 13.6 Å². The van der Waals surface area contributed by atoms with Crippen molar-refractivity contribution in [1.82, 2.24) is 15.1 Å². The van der Waals surface area contributed by atoms with Crippen molar-refractivity contribution in [3.8, 4) is 17.2 Å². The fraction of sp³-hybridized carbons (Fsp3) is 0.375. The molecule has 0 saturated carbocycles. The Morgan fingerprint density at radius 1 is 1.17 bits per heavy atom. The Hall–Kier alpha value is -2.70. The molecule has 0 aliphatic rings. The van der Waals surface area contributed by atoms with Crippen LogP contribution in [0.1, 0.15) is 21.7 Å². The molecule has 0 spiro atoms. The number of carbonyl (C=O) groups excluding carboxylic acids is 1. The fourth-order valence-corrected chi connectivity index (χ4v) is 2.27. The molecule has 124 valence electrons. The van der Waals surface area contributed by atoms with Gasteiger partial charge in [-0.2, -0.15) is 5.10 Å². The Kier molecular flexibility index (Phi) is 5.10. The summed E-state index contributed by atoms with van der Waals surface area (Å²) in [6.45, 7) is 2.29. The highest BCUT2D eigenvalue weighted by Gasteiger charge is 2.20. The predicted octanol–water partition coefficient (Wildman–Crippen LogP) is 1.68. The molecule has 0 aliphatic heterocycles. The number of hydrogen-bond acceptors (Lipinski definition) is 5. The van der Waals surface area contributed by atoms with Gasteiger partial charge in [-0.05, 0) is 25.1 Å². The molecular weight excluding hydrogens is 298 g/mol. The van der Waals surface area contributed by atoms with Gasteiger partial charge in [0.1, 0.15) is 0 Å². The zero-order chi connectivity index (χ0) is 17.0. The summed E-state index contributed by atoms with van der Waals surface area (Å²) in [5.41, 5.74) is 2.19. The van der Waals surface area contributed by atoms with Crippen LogP contribution < -0.4 is 19.5 Å². The molecule has 0 fully saturated rings. The van der Waals surface area contributed by atoms with Gasteiger partial charge in [-0.3, -0.25) is 9.48 Å². The van der Waals surface area contributed by atoms with E-state index in [0.29, 0.717) is 29.4 Å². The smallest absolute Gasteiger partial charge is 0.255 e. The quantitative estimate of drug-likeness (QED) is 0.877. The highest BCUT2D eigenvalue weighted by molar-refractivity contribution is 5.98. The van der Waals surface area contributed by atoms with E-state index in [-0.39, 0.29) is 5.91 Å². The van der Waals surface area contributed by atoms with Crippen molar-refractivity contribution in [3.63, 3.8) is 0 Å². The Morgan fingerprint density at radius 2 is 1.87 bits per heavy atom. The van der Waals surface area contributed by atoms with E-state index < -0.39 is 0 Å². The Balaban J connectivity index is 2.21. The largest absolute Gasteiger partial charge is 0.493 e. The lowest BCUT2D eigenvalue weighted by Gasteiger charge is -2.15. The molecule has 23 heavy (non-hydrogen) atoms. The normalized spacial score (nSPS) is 10.3. The van der Waals surface area contributed by atoms with Crippen LogP contribution in [0.2, 0.25) is 0 Å². The molecule has 2 rings (SSSR count). The number of aromatic nitrogens is 2. The maximum absolute atomic E-state index is 12.4. The first-order chi connectivity index (χ1) is 11.0. The van der Waals surface area contributed by atoms with Crippen molar-refractivity contribution < 1.29 is 19.0 Å². The summed E-state index contributed by atoms with van der Waals surface area (Å²) in [7, 11) is 6.37. The minimum atomic E-state index is -0.272. The standard InChI is InChI=1S/C16H21N3O4/c1-10-8-11(18-19(10)2)9-17-16(20)12-6-7-13(21-3)15(23-5)14(12)22-4/h6-8H,9H2,1-5H3,(H,17,20). The second-order valence-electron chi connectivity index (χ2n) is 4.97. The van der Waals surface area contributed by atoms with Crippen LogP contribution in [0.4, 0.5) is 0 Å². The van der Waals surface area contributed by atoms with Gasteiger partial charge >= 0.3 is 0 Å². The average Bonchev–Trinajstić information content (AvgIpc) is 2.89. The van der Waals surface area contributed by atoms with E-state index in [2.05, 4.69) is 10.4 Å². The summed E-state index contributed by atoms with van der Waals surface area (Å²) in [6, 6.07) is 5.23. The molecule has 0 radical (unpaired) electrons. The molecule has 0 bridgehead atoms. The molecule has 0 unspecified atom stereocenters. The molecule has 7 heteroatoms. The van der Waals surface area contributed by atoms with Crippen molar-refractivity contribution in [1.29, 1.82) is 0 Å². The summed E-state index contributed by atoms with van der Waals surface area (Å²) in [4.78, 5) is 12.4. The second kappa shape index (κ2) is 7.04. The number of nitrogens with one attached hydrogen (secondary N) is 1. The number of ether oxygens (including phenoxy) is 3. The SMILES string of the molecule is COc1ccc(C(=O)NCc2cc(C)n(C)n2)c(OC)c1OC. The molecule has 0 aliphatic carbocycles. The highest BCUT2D eigenvalue weighted by atomic mass is 16.5. The van der Waals surface area contributed by atoms with Gasteiger partial charge in [0.05, 0.1) is 39.1 Å². The Morgan fingerprint density at radius 3 is 2.39 bits per heavy atom. The topological polar surface area (TPSA) is 74.6 Å². The maximum atomic E-state index is 12.4. The van der Waals surface area contributed by atoms with Crippen LogP contribution in [-0.4, -0.2) is 37.0 Å². The number of aryl methyl sites for hydroxylation is 2. The maximum Gasteiger partial charge on any atom is 0.255 e. The molecule has 1 aromatic carbocycles. The number of amides is 1. The zero-order valence-corrected chi connectivity index (χ0v) is 14.0. The molecule has 2 aromatic rings. The third kappa shape index (κ3) is 3.39. The number of rotatable bonds is 6. The van der Waals surface area contributed by atoms with Crippen LogP contribution >= 0.6 is 0 Å². The van der Waals surface area contributed by atoms with Crippen molar-refractivity contribution >= 4 is 5.91 Å². The Bertz CT molecular complexity index is 690. The summed E-state index contributed by atoms with van der Waals surface area (Å²) in [5, 5.41) is 7.13. The lowest BCUT2D eigenvalue weighted by atomic mass is 10.1. The predicted molar refractivity (Wildman–Crippen MR) is 85.2 cm³/mol. The van der Waals surface area contributed by atoms with Gasteiger partial charge in [0.15, 0.2) is 11.5 Å². The lowest BCUT2D eigenvalue weighted by Crippen LogP contribution is -2.23. The van der Waals surface area contributed by atoms with E-state index in [0.717, 1.165) is 11.4 Å². The number of benzene rings is 1. The molecule has 1 heterocycles. The van der Waals surface area contributed by atoms with Crippen LogP contribution in [0.25, 0.3) is 0 Å². The van der Waals surface area contributed by atoms with Crippen molar-refractivity contribution in [2.45, 2.75) is 13.5 Å². The van der Waals surface area contributed by atoms with Crippen LogP contribution in [0.3, 0.4) is 0 Å². The van der Waals surface area contributed by atoms with E-state index in [1.807, 2.05) is 20.0 Å². The number of nitrogens with zero attached hydrogens (tertiary/aromatic N) is 2. The minimum Gasteiger partial charge on any atom is -0.493 e. The zero-order valence-electron chi connectivity index (χ0n) is 14.0. The van der Waals surface area contributed by atoms with Gasteiger partial charge in [0.25, 0.3) is 5.91 Å². The molecule has 7 nitrogen and oxygen atoms in total. The van der Waals surface area contributed by atoms with E-state index >= 15 is 0 Å². The van der Waals surface area contributed by atoms with E-state index in [9.17, 15) is 4.79 Å². The van der Waals surface area contributed by atoms with Crippen LogP contribution in [0.5, 0.6) is 17.2 Å². The first-order valence-corrected chi connectivity index (χ1v) is 7.08. The molecule has 1 N–H and O–H groups in total. The molecule has 1 aromatic heterocycles. The average molecular weight is 319 g/mol. The first kappa shape index (κ1) is 16.7. The van der Waals surface area contributed by atoms with Gasteiger partial charge in [0, 0.05) is 12.7 Å². The van der Waals surface area contributed by atoms with Gasteiger partial charge < -0.3 is 19.5 Å². The number of carbonyl (C=O) groups is 1. The summed E-state index contributed by atoms with van der Waals surface area (Å²) in [6.07, 6.45) is 0. The molecule has 0 saturated heterocycles. The summed E-state index contributed by atoms with van der Waals surface area (Å²) >= 11 is 0. The van der Waals surface area contributed by atoms with Crippen LogP contribution in [0.15, 0.2) is 18.2 Å². The van der Waals surface area contributed by atoms with Crippen LogP contribution in [0, 0.1) is 6.92 Å². The van der Waals surface area contributed by atoms with E-state index in [1.54, 1.807) is 16.8 Å². The third-order valence-corrected chi connectivity index (χ3v) is 3.54. The van der Waals surface area contributed by atoms with Gasteiger partial charge in [-0.15, -0.1) is 0 Å². The monoisotopic (exact) mass is 319 g/mol. The van der Waals surface area contributed by atoms with Crippen molar-refractivity contribution in [3.05, 3.63) is 35.2 Å². The van der Waals surface area contributed by atoms with Crippen molar-refractivity contribution in [2.75, 3.05) is 21.3 Å². The number of methoxy groups -OCH3 is 3. The van der Waals surface area contributed by atoms with Gasteiger partial charge in [-0.1, -0.05) is 0 Å². The van der Waals surface area contributed by atoms with Gasteiger partial charge in [0.2, 0.25) is 5.75 Å². The van der Waals surface area contributed by atoms with Gasteiger partial charge in [-0.25, -0.2) is 0 Å². The minimum absolute atomic E-state index is 0.272. The van der Waals surface area contributed by atoms with E-state index in [4.69, 9.17) is 14.2 Å². The number of hydrogen-bond donors (Lipinski definition) is 1. The van der Waals surface area contributed by atoms with E-state index in [1.165, 1.54) is 21.3 Å². The molecule has 1 amide bonds.